The number of benzene rings is 1. The lowest BCUT2D eigenvalue weighted by Gasteiger charge is -2.47. The van der Waals surface area contributed by atoms with Gasteiger partial charge in [0.05, 0.1) is 12.1 Å². The minimum atomic E-state index is -4.43. The molecule has 2 unspecified atom stereocenters. The van der Waals surface area contributed by atoms with Gasteiger partial charge in [-0.3, -0.25) is 0 Å². The van der Waals surface area contributed by atoms with Gasteiger partial charge in [-0.1, -0.05) is 18.6 Å². The minimum Gasteiger partial charge on any atom is -0.491 e. The van der Waals surface area contributed by atoms with Crippen LogP contribution in [0.1, 0.15) is 44.6 Å². The molecule has 2 fully saturated rings. The van der Waals surface area contributed by atoms with E-state index >= 15 is 0 Å². The first-order valence-corrected chi connectivity index (χ1v) is 10.4. The van der Waals surface area contributed by atoms with E-state index in [4.69, 9.17) is 4.74 Å². The fourth-order valence-corrected chi connectivity index (χ4v) is 4.39. The SMILES string of the molecule is CCNC(=NCCOc1ccccc1C(F)(F)F)NC1CC2CCCC(C1)N2C. The lowest BCUT2D eigenvalue weighted by Crippen LogP contribution is -2.56. The number of rotatable bonds is 6. The van der Waals surface area contributed by atoms with Gasteiger partial charge in [-0.05, 0) is 51.8 Å². The smallest absolute Gasteiger partial charge is 0.419 e. The first-order valence-electron chi connectivity index (χ1n) is 10.4. The Morgan fingerprint density at radius 1 is 1.21 bits per heavy atom. The van der Waals surface area contributed by atoms with Crippen LogP contribution in [-0.4, -0.2) is 55.7 Å². The highest BCUT2D eigenvalue weighted by molar-refractivity contribution is 5.80. The molecule has 29 heavy (non-hydrogen) atoms. The minimum absolute atomic E-state index is 0.0856. The molecule has 2 saturated heterocycles. The van der Waals surface area contributed by atoms with E-state index in [1.807, 2.05) is 6.92 Å². The van der Waals surface area contributed by atoms with Crippen molar-refractivity contribution in [2.75, 3.05) is 26.7 Å². The van der Waals surface area contributed by atoms with E-state index < -0.39 is 11.7 Å². The van der Waals surface area contributed by atoms with E-state index in [0.29, 0.717) is 24.1 Å². The van der Waals surface area contributed by atoms with Crippen molar-refractivity contribution in [2.45, 2.75) is 63.3 Å². The quantitative estimate of drug-likeness (QED) is 0.425. The lowest BCUT2D eigenvalue weighted by atomic mass is 9.82. The number of nitrogens with one attached hydrogen (secondary N) is 2. The van der Waals surface area contributed by atoms with Crippen molar-refractivity contribution in [3.63, 3.8) is 0 Å². The van der Waals surface area contributed by atoms with Crippen LogP contribution in [0.3, 0.4) is 0 Å². The maximum absolute atomic E-state index is 13.0. The van der Waals surface area contributed by atoms with Gasteiger partial charge < -0.3 is 20.3 Å². The normalized spacial score (nSPS) is 25.6. The summed E-state index contributed by atoms with van der Waals surface area (Å²) in [6.07, 6.45) is 1.54. The molecule has 0 aliphatic carbocycles. The van der Waals surface area contributed by atoms with Crippen molar-refractivity contribution >= 4 is 5.96 Å². The largest absolute Gasteiger partial charge is 0.491 e. The van der Waals surface area contributed by atoms with Crippen LogP contribution in [0.5, 0.6) is 5.75 Å². The van der Waals surface area contributed by atoms with Gasteiger partial charge in [-0.15, -0.1) is 0 Å². The third-order valence-corrected chi connectivity index (χ3v) is 5.84. The van der Waals surface area contributed by atoms with Gasteiger partial charge in [0.15, 0.2) is 5.96 Å². The third-order valence-electron chi connectivity index (χ3n) is 5.84. The summed E-state index contributed by atoms with van der Waals surface area (Å²) in [7, 11) is 2.22. The fraction of sp³-hybridized carbons (Fsp3) is 0.667. The average Bonchev–Trinajstić information content (AvgIpc) is 2.65. The number of piperidine rings is 2. The number of hydrogen-bond acceptors (Lipinski definition) is 3. The molecule has 0 aromatic heterocycles. The van der Waals surface area contributed by atoms with Crippen molar-refractivity contribution < 1.29 is 17.9 Å². The van der Waals surface area contributed by atoms with Crippen molar-refractivity contribution in [1.82, 2.24) is 15.5 Å². The molecule has 2 aliphatic rings. The van der Waals surface area contributed by atoms with Gasteiger partial charge in [-0.2, -0.15) is 13.2 Å². The van der Waals surface area contributed by atoms with Crippen molar-refractivity contribution in [1.29, 1.82) is 0 Å². The Labute approximate surface area is 170 Å². The Morgan fingerprint density at radius 3 is 2.55 bits per heavy atom. The third kappa shape index (κ3) is 5.78. The monoisotopic (exact) mass is 412 g/mol. The highest BCUT2D eigenvalue weighted by Gasteiger charge is 2.36. The van der Waals surface area contributed by atoms with Gasteiger partial charge >= 0.3 is 6.18 Å². The Hall–Kier alpha value is -1.96. The Morgan fingerprint density at radius 2 is 1.90 bits per heavy atom. The van der Waals surface area contributed by atoms with Crippen LogP contribution in [0.4, 0.5) is 13.2 Å². The van der Waals surface area contributed by atoms with Crippen molar-refractivity contribution in [3.05, 3.63) is 29.8 Å². The summed E-state index contributed by atoms with van der Waals surface area (Å²) in [5, 5.41) is 6.75. The van der Waals surface area contributed by atoms with Gasteiger partial charge in [0.1, 0.15) is 12.4 Å². The molecule has 0 saturated carbocycles. The maximum Gasteiger partial charge on any atom is 0.419 e. The summed E-state index contributed by atoms with van der Waals surface area (Å²) >= 11 is 0. The first kappa shape index (κ1) is 21.7. The Balaban J connectivity index is 1.54. The van der Waals surface area contributed by atoms with Gasteiger partial charge in [-0.25, -0.2) is 4.99 Å². The number of ether oxygens (including phenoxy) is 1. The first-order chi connectivity index (χ1) is 13.9. The van der Waals surface area contributed by atoms with E-state index in [2.05, 4.69) is 27.6 Å². The molecular formula is C21H31F3N4O. The van der Waals surface area contributed by atoms with Gasteiger partial charge in [0, 0.05) is 24.7 Å². The van der Waals surface area contributed by atoms with Crippen LogP contribution in [0.15, 0.2) is 29.3 Å². The highest BCUT2D eigenvalue weighted by Crippen LogP contribution is 2.36. The summed E-state index contributed by atoms with van der Waals surface area (Å²) in [6, 6.07) is 6.87. The zero-order valence-corrected chi connectivity index (χ0v) is 17.1. The molecule has 2 N–H and O–H groups in total. The summed E-state index contributed by atoms with van der Waals surface area (Å²) in [6.45, 7) is 3.09. The van der Waals surface area contributed by atoms with Crippen LogP contribution in [0, 0.1) is 0 Å². The number of para-hydroxylation sites is 1. The number of hydrogen-bond donors (Lipinski definition) is 2. The molecule has 2 heterocycles. The summed E-state index contributed by atoms with van der Waals surface area (Å²) in [5.74, 6) is 0.545. The topological polar surface area (TPSA) is 48.9 Å². The van der Waals surface area contributed by atoms with Crippen LogP contribution in [0.25, 0.3) is 0 Å². The zero-order valence-electron chi connectivity index (χ0n) is 17.1. The predicted molar refractivity (Wildman–Crippen MR) is 108 cm³/mol. The highest BCUT2D eigenvalue weighted by atomic mass is 19.4. The van der Waals surface area contributed by atoms with Crippen molar-refractivity contribution in [2.24, 2.45) is 4.99 Å². The van der Waals surface area contributed by atoms with Crippen LogP contribution in [0.2, 0.25) is 0 Å². The summed E-state index contributed by atoms with van der Waals surface area (Å²) in [5.41, 5.74) is -0.758. The molecule has 162 valence electrons. The molecule has 0 spiro atoms. The van der Waals surface area contributed by atoms with Crippen LogP contribution in [-0.2, 0) is 6.18 Å². The molecule has 2 aliphatic heterocycles. The molecule has 1 aromatic rings. The molecule has 3 rings (SSSR count). The molecule has 5 nitrogen and oxygen atoms in total. The molecule has 1 aromatic carbocycles. The van der Waals surface area contributed by atoms with E-state index in [9.17, 15) is 13.2 Å². The predicted octanol–water partition coefficient (Wildman–Crippen LogP) is 3.65. The second-order valence-corrected chi connectivity index (χ2v) is 7.82. The van der Waals surface area contributed by atoms with E-state index in [1.54, 1.807) is 0 Å². The summed E-state index contributed by atoms with van der Waals surface area (Å²) in [4.78, 5) is 7.01. The lowest BCUT2D eigenvalue weighted by molar-refractivity contribution is -0.138. The molecule has 2 bridgehead atoms. The standard InChI is InChI=1S/C21H31F3N4O/c1-3-25-20(27-15-13-16-7-6-8-17(14-15)28(16)2)26-11-12-29-19-10-5-4-9-18(19)21(22,23)24/h4-5,9-10,15-17H,3,6-8,11-14H2,1-2H3,(H2,25,26,27). The van der Waals surface area contributed by atoms with Gasteiger partial charge in [0.25, 0.3) is 0 Å². The van der Waals surface area contributed by atoms with E-state index in [0.717, 1.165) is 25.5 Å². The number of guanidine groups is 1. The van der Waals surface area contributed by atoms with Gasteiger partial charge in [0.2, 0.25) is 0 Å². The van der Waals surface area contributed by atoms with E-state index in [1.165, 1.54) is 37.5 Å². The maximum atomic E-state index is 13.0. The second-order valence-electron chi connectivity index (χ2n) is 7.82. The molecule has 0 amide bonds. The fourth-order valence-electron chi connectivity index (χ4n) is 4.39. The number of fused-ring (bicyclic) bond motifs is 2. The molecule has 8 heteroatoms. The number of nitrogens with zero attached hydrogens (tertiary/aromatic N) is 2. The Kier molecular flexibility index (Phi) is 7.27. The number of halogens is 3. The number of alkyl halides is 3. The summed E-state index contributed by atoms with van der Waals surface area (Å²) < 4.78 is 44.5. The number of aliphatic imine (C=N–C) groups is 1. The van der Waals surface area contributed by atoms with Crippen molar-refractivity contribution in [3.8, 4) is 5.75 Å². The Bertz CT molecular complexity index is 681. The van der Waals surface area contributed by atoms with E-state index in [-0.39, 0.29) is 18.9 Å². The molecule has 2 atom stereocenters. The van der Waals surface area contributed by atoms with Crippen LogP contribution >= 0.6 is 0 Å². The average molecular weight is 413 g/mol. The van der Waals surface area contributed by atoms with Crippen LogP contribution < -0.4 is 15.4 Å². The molecular weight excluding hydrogens is 381 g/mol. The molecule has 0 radical (unpaired) electrons. The zero-order chi connectivity index (χ0) is 20.9. The second kappa shape index (κ2) is 9.69.